The summed E-state index contributed by atoms with van der Waals surface area (Å²) < 4.78 is 5.44. The van der Waals surface area contributed by atoms with Gasteiger partial charge in [-0.3, -0.25) is 4.90 Å². The first-order valence-corrected chi connectivity index (χ1v) is 9.88. The standard InChI is InChI=1S/C19H26ClN5O/c20-17-3-1-16(2-4-17)19-22-18(26-23-19)14-25-11-9-24(10-12-25)13-15-5-7-21-8-6-15/h1-4,15,21H,5-14H2. The van der Waals surface area contributed by atoms with Crippen molar-refractivity contribution in [1.29, 1.82) is 0 Å². The zero-order valence-electron chi connectivity index (χ0n) is 15.0. The van der Waals surface area contributed by atoms with Gasteiger partial charge in [0.15, 0.2) is 0 Å². The van der Waals surface area contributed by atoms with Gasteiger partial charge >= 0.3 is 0 Å². The second kappa shape index (κ2) is 8.48. The Morgan fingerprint density at radius 3 is 2.46 bits per heavy atom. The first kappa shape index (κ1) is 17.9. The number of benzene rings is 1. The van der Waals surface area contributed by atoms with Gasteiger partial charge in [0.1, 0.15) is 0 Å². The summed E-state index contributed by atoms with van der Waals surface area (Å²) in [6.07, 6.45) is 2.63. The molecule has 1 aromatic carbocycles. The Labute approximate surface area is 159 Å². The van der Waals surface area contributed by atoms with Crippen LogP contribution >= 0.6 is 11.6 Å². The van der Waals surface area contributed by atoms with Gasteiger partial charge in [-0.15, -0.1) is 0 Å². The van der Waals surface area contributed by atoms with Gasteiger partial charge in [0.2, 0.25) is 11.7 Å². The van der Waals surface area contributed by atoms with E-state index in [-0.39, 0.29) is 0 Å². The molecule has 0 spiro atoms. The maximum absolute atomic E-state index is 5.93. The average molecular weight is 376 g/mol. The molecular formula is C19H26ClN5O. The van der Waals surface area contributed by atoms with E-state index in [0.29, 0.717) is 16.7 Å². The lowest BCUT2D eigenvalue weighted by Gasteiger charge is -2.36. The molecule has 140 valence electrons. The smallest absolute Gasteiger partial charge is 0.241 e. The predicted octanol–water partition coefficient (Wildman–Crippen LogP) is 2.51. The lowest BCUT2D eigenvalue weighted by atomic mass is 9.97. The average Bonchev–Trinajstić information content (AvgIpc) is 3.13. The number of rotatable bonds is 5. The molecule has 1 N–H and O–H groups in total. The number of nitrogens with one attached hydrogen (secondary N) is 1. The minimum Gasteiger partial charge on any atom is -0.338 e. The van der Waals surface area contributed by atoms with Gasteiger partial charge in [-0.25, -0.2) is 0 Å². The van der Waals surface area contributed by atoms with Gasteiger partial charge in [-0.05, 0) is 56.1 Å². The Morgan fingerprint density at radius 1 is 1.04 bits per heavy atom. The summed E-state index contributed by atoms with van der Waals surface area (Å²) >= 11 is 5.93. The van der Waals surface area contributed by atoms with Crippen LogP contribution in [-0.2, 0) is 6.54 Å². The third-order valence-corrected chi connectivity index (χ3v) is 5.62. The molecule has 4 rings (SSSR count). The van der Waals surface area contributed by atoms with Crippen molar-refractivity contribution in [3.8, 4) is 11.4 Å². The van der Waals surface area contributed by atoms with Crippen molar-refractivity contribution in [2.24, 2.45) is 5.92 Å². The summed E-state index contributed by atoms with van der Waals surface area (Å²) in [6.45, 7) is 8.70. The Kier molecular flexibility index (Phi) is 5.84. The number of halogens is 1. The second-order valence-corrected chi connectivity index (χ2v) is 7.73. The molecule has 0 unspecified atom stereocenters. The summed E-state index contributed by atoms with van der Waals surface area (Å²) in [5, 5.41) is 8.26. The molecule has 0 atom stereocenters. The van der Waals surface area contributed by atoms with Gasteiger partial charge in [0, 0.05) is 43.3 Å². The third kappa shape index (κ3) is 4.62. The van der Waals surface area contributed by atoms with Crippen molar-refractivity contribution < 1.29 is 4.52 Å². The van der Waals surface area contributed by atoms with Gasteiger partial charge in [0.25, 0.3) is 0 Å². The van der Waals surface area contributed by atoms with Crippen LogP contribution < -0.4 is 5.32 Å². The summed E-state index contributed by atoms with van der Waals surface area (Å²) in [7, 11) is 0. The highest BCUT2D eigenvalue weighted by molar-refractivity contribution is 6.30. The highest BCUT2D eigenvalue weighted by atomic mass is 35.5. The van der Waals surface area contributed by atoms with Crippen molar-refractivity contribution in [2.45, 2.75) is 19.4 Å². The predicted molar refractivity (Wildman–Crippen MR) is 102 cm³/mol. The number of nitrogens with zero attached hydrogens (tertiary/aromatic N) is 4. The molecule has 0 aliphatic carbocycles. The molecule has 3 heterocycles. The van der Waals surface area contributed by atoms with E-state index in [1.807, 2.05) is 24.3 Å². The molecule has 0 bridgehead atoms. The number of hydrogen-bond donors (Lipinski definition) is 1. The Morgan fingerprint density at radius 2 is 1.73 bits per heavy atom. The molecular weight excluding hydrogens is 350 g/mol. The second-order valence-electron chi connectivity index (χ2n) is 7.29. The van der Waals surface area contributed by atoms with E-state index in [1.54, 1.807) is 0 Å². The van der Waals surface area contributed by atoms with Crippen LogP contribution in [0.2, 0.25) is 5.02 Å². The molecule has 0 saturated carbocycles. The van der Waals surface area contributed by atoms with Gasteiger partial charge < -0.3 is 14.7 Å². The first-order chi connectivity index (χ1) is 12.8. The summed E-state index contributed by atoms with van der Waals surface area (Å²) in [6, 6.07) is 7.51. The zero-order chi connectivity index (χ0) is 17.8. The number of hydrogen-bond acceptors (Lipinski definition) is 6. The van der Waals surface area contributed by atoms with Crippen molar-refractivity contribution in [3.63, 3.8) is 0 Å². The first-order valence-electron chi connectivity index (χ1n) is 9.50. The fourth-order valence-electron chi connectivity index (χ4n) is 3.79. The van der Waals surface area contributed by atoms with E-state index in [0.717, 1.165) is 44.2 Å². The largest absolute Gasteiger partial charge is 0.338 e. The normalized spacial score (nSPS) is 20.5. The topological polar surface area (TPSA) is 57.4 Å². The molecule has 7 heteroatoms. The molecule has 2 saturated heterocycles. The van der Waals surface area contributed by atoms with Crippen molar-refractivity contribution >= 4 is 11.6 Å². The number of aromatic nitrogens is 2. The molecule has 0 radical (unpaired) electrons. The third-order valence-electron chi connectivity index (χ3n) is 5.37. The van der Waals surface area contributed by atoms with Gasteiger partial charge in [-0.1, -0.05) is 16.8 Å². The minimum atomic E-state index is 0.626. The van der Waals surface area contributed by atoms with Crippen LogP contribution in [0.3, 0.4) is 0 Å². The summed E-state index contributed by atoms with van der Waals surface area (Å²) in [5.41, 5.74) is 0.927. The van der Waals surface area contributed by atoms with E-state index in [9.17, 15) is 0 Å². The van der Waals surface area contributed by atoms with Crippen LogP contribution in [0, 0.1) is 5.92 Å². The van der Waals surface area contributed by atoms with Crippen LogP contribution in [-0.4, -0.2) is 65.8 Å². The van der Waals surface area contributed by atoms with Crippen molar-refractivity contribution in [2.75, 3.05) is 45.8 Å². The van der Waals surface area contributed by atoms with Gasteiger partial charge in [0.05, 0.1) is 6.54 Å². The molecule has 2 aromatic rings. The van der Waals surface area contributed by atoms with E-state index in [4.69, 9.17) is 16.1 Å². The van der Waals surface area contributed by atoms with E-state index >= 15 is 0 Å². The van der Waals surface area contributed by atoms with Crippen LogP contribution in [0.15, 0.2) is 28.8 Å². The lowest BCUT2D eigenvalue weighted by molar-refractivity contribution is 0.0990. The molecule has 1 aromatic heterocycles. The van der Waals surface area contributed by atoms with Crippen molar-refractivity contribution in [1.82, 2.24) is 25.3 Å². The monoisotopic (exact) mass is 375 g/mol. The highest BCUT2D eigenvalue weighted by Crippen LogP contribution is 2.20. The van der Waals surface area contributed by atoms with E-state index in [2.05, 4.69) is 25.3 Å². The minimum absolute atomic E-state index is 0.626. The molecule has 2 fully saturated rings. The fourth-order valence-corrected chi connectivity index (χ4v) is 3.91. The Bertz CT molecular complexity index is 690. The van der Waals surface area contributed by atoms with Crippen molar-refractivity contribution in [3.05, 3.63) is 35.2 Å². The van der Waals surface area contributed by atoms with E-state index < -0.39 is 0 Å². The quantitative estimate of drug-likeness (QED) is 0.866. The maximum atomic E-state index is 5.93. The van der Waals surface area contributed by atoms with Crippen LogP contribution in [0.4, 0.5) is 0 Å². The number of piperidine rings is 1. The van der Waals surface area contributed by atoms with Crippen LogP contribution in [0.5, 0.6) is 0 Å². The molecule has 26 heavy (non-hydrogen) atoms. The number of piperazine rings is 1. The molecule has 6 nitrogen and oxygen atoms in total. The highest BCUT2D eigenvalue weighted by Gasteiger charge is 2.22. The SMILES string of the molecule is Clc1ccc(-c2noc(CN3CCN(CC4CCNCC4)CC3)n2)cc1. The summed E-state index contributed by atoms with van der Waals surface area (Å²) in [5.74, 6) is 2.17. The molecule has 2 aliphatic heterocycles. The Balaban J connectivity index is 1.26. The van der Waals surface area contributed by atoms with Crippen LogP contribution in [0.25, 0.3) is 11.4 Å². The van der Waals surface area contributed by atoms with Crippen LogP contribution in [0.1, 0.15) is 18.7 Å². The summed E-state index contributed by atoms with van der Waals surface area (Å²) in [4.78, 5) is 9.55. The lowest BCUT2D eigenvalue weighted by Crippen LogP contribution is -2.48. The fraction of sp³-hybridized carbons (Fsp3) is 0.579. The zero-order valence-corrected chi connectivity index (χ0v) is 15.8. The Hall–Kier alpha value is -1.47. The van der Waals surface area contributed by atoms with E-state index in [1.165, 1.54) is 32.5 Å². The maximum Gasteiger partial charge on any atom is 0.241 e. The molecule has 2 aliphatic rings. The molecule has 0 amide bonds. The van der Waals surface area contributed by atoms with Gasteiger partial charge in [-0.2, -0.15) is 4.98 Å².